The average Bonchev–Trinajstić information content (AvgIpc) is 2.46. The Kier molecular flexibility index (Phi) is 2.35. The third-order valence-electron chi connectivity index (χ3n) is 2.64. The quantitative estimate of drug-likeness (QED) is 0.796. The van der Waals surface area contributed by atoms with E-state index in [1.807, 2.05) is 6.20 Å². The number of nitrogens with one attached hydrogen (secondary N) is 1. The molecule has 0 aliphatic rings. The monoisotopic (exact) mass is 201 g/mol. The summed E-state index contributed by atoms with van der Waals surface area (Å²) in [7, 11) is 0. The molecule has 1 N–H and O–H groups in total. The van der Waals surface area contributed by atoms with Crippen LogP contribution in [-0.4, -0.2) is 10.8 Å². The number of ketones is 1. The molecule has 0 saturated heterocycles. The van der Waals surface area contributed by atoms with Crippen LogP contribution >= 0.6 is 0 Å². The maximum Gasteiger partial charge on any atom is 0.134 e. The van der Waals surface area contributed by atoms with Gasteiger partial charge < -0.3 is 4.98 Å². The molecule has 1 aromatic carbocycles. The predicted octanol–water partition coefficient (Wildman–Crippen LogP) is 2.92. The van der Waals surface area contributed by atoms with Crippen molar-refractivity contribution in [3.05, 3.63) is 35.0 Å². The molecule has 2 nitrogen and oxygen atoms in total. The molecule has 78 valence electrons. The van der Waals surface area contributed by atoms with Crippen LogP contribution in [0, 0.1) is 13.8 Å². The Bertz CT molecular complexity index is 523. The fraction of sp³-hybridized carbons (Fsp3) is 0.308. The molecule has 2 heteroatoms. The number of aromatic amines is 1. The fourth-order valence-corrected chi connectivity index (χ4v) is 2.15. The third-order valence-corrected chi connectivity index (χ3v) is 2.64. The molecule has 0 aliphatic heterocycles. The number of Topliss-reactive ketones (excluding diaryl/α,β-unsaturated/α-hetero) is 1. The van der Waals surface area contributed by atoms with Crippen LogP contribution in [0.15, 0.2) is 18.3 Å². The lowest BCUT2D eigenvalue weighted by molar-refractivity contribution is -0.116. The molecule has 0 unspecified atom stereocenters. The highest BCUT2D eigenvalue weighted by Crippen LogP contribution is 2.24. The molecule has 0 aliphatic carbocycles. The van der Waals surface area contributed by atoms with Gasteiger partial charge in [-0.1, -0.05) is 6.07 Å². The molecule has 0 radical (unpaired) electrons. The van der Waals surface area contributed by atoms with Gasteiger partial charge in [-0.05, 0) is 43.5 Å². The maximum absolute atomic E-state index is 11.1. The van der Waals surface area contributed by atoms with Crippen LogP contribution in [0.1, 0.15) is 23.6 Å². The number of rotatable bonds is 2. The molecule has 1 heterocycles. The minimum atomic E-state index is 0.205. The second-order valence-electron chi connectivity index (χ2n) is 4.20. The van der Waals surface area contributed by atoms with Crippen LogP contribution in [0.25, 0.3) is 10.9 Å². The minimum Gasteiger partial charge on any atom is -0.361 e. The first-order chi connectivity index (χ1) is 7.08. The van der Waals surface area contributed by atoms with Crippen LogP contribution in [0.2, 0.25) is 0 Å². The standard InChI is InChI=1S/C13H15NO/c1-8-4-9(2)13-11(6-10(3)15)7-14-12(13)5-8/h4-5,7,14H,6H2,1-3H3. The zero-order valence-electron chi connectivity index (χ0n) is 9.35. The van der Waals surface area contributed by atoms with E-state index < -0.39 is 0 Å². The van der Waals surface area contributed by atoms with Crippen molar-refractivity contribution in [2.24, 2.45) is 0 Å². The molecule has 0 amide bonds. The van der Waals surface area contributed by atoms with Crippen LogP contribution < -0.4 is 0 Å². The highest BCUT2D eigenvalue weighted by Gasteiger charge is 2.08. The Morgan fingerprint density at radius 2 is 2.07 bits per heavy atom. The lowest BCUT2D eigenvalue weighted by Crippen LogP contribution is -1.95. The van der Waals surface area contributed by atoms with Crippen LogP contribution in [0.5, 0.6) is 0 Å². The molecule has 2 aromatic rings. The fourth-order valence-electron chi connectivity index (χ4n) is 2.15. The molecule has 0 fully saturated rings. The number of aromatic nitrogens is 1. The van der Waals surface area contributed by atoms with Gasteiger partial charge in [-0.2, -0.15) is 0 Å². The highest BCUT2D eigenvalue weighted by atomic mass is 16.1. The van der Waals surface area contributed by atoms with E-state index in [1.54, 1.807) is 6.92 Å². The van der Waals surface area contributed by atoms with E-state index in [0.29, 0.717) is 6.42 Å². The van der Waals surface area contributed by atoms with Gasteiger partial charge in [-0.3, -0.25) is 4.79 Å². The van der Waals surface area contributed by atoms with E-state index in [0.717, 1.165) is 11.1 Å². The van der Waals surface area contributed by atoms with E-state index >= 15 is 0 Å². The van der Waals surface area contributed by atoms with Crippen molar-refractivity contribution in [3.63, 3.8) is 0 Å². The van der Waals surface area contributed by atoms with Crippen molar-refractivity contribution in [1.82, 2.24) is 4.98 Å². The van der Waals surface area contributed by atoms with Crippen molar-refractivity contribution < 1.29 is 4.79 Å². The maximum atomic E-state index is 11.1. The summed E-state index contributed by atoms with van der Waals surface area (Å²) in [5.74, 6) is 0.205. The Labute approximate surface area is 89.3 Å². The number of hydrogen-bond donors (Lipinski definition) is 1. The number of H-pyrrole nitrogens is 1. The molecule has 0 bridgehead atoms. The smallest absolute Gasteiger partial charge is 0.134 e. The predicted molar refractivity (Wildman–Crippen MR) is 62.2 cm³/mol. The Balaban J connectivity index is 2.63. The van der Waals surface area contributed by atoms with Crippen LogP contribution in [0.3, 0.4) is 0 Å². The van der Waals surface area contributed by atoms with Crippen molar-refractivity contribution in [2.75, 3.05) is 0 Å². The molecule has 1 aromatic heterocycles. The topological polar surface area (TPSA) is 32.9 Å². The van der Waals surface area contributed by atoms with Gasteiger partial charge in [0.2, 0.25) is 0 Å². The summed E-state index contributed by atoms with van der Waals surface area (Å²) < 4.78 is 0. The molecule has 2 rings (SSSR count). The van der Waals surface area contributed by atoms with E-state index in [4.69, 9.17) is 0 Å². The zero-order chi connectivity index (χ0) is 11.0. The molecule has 15 heavy (non-hydrogen) atoms. The van der Waals surface area contributed by atoms with Crippen molar-refractivity contribution >= 4 is 16.7 Å². The van der Waals surface area contributed by atoms with E-state index in [2.05, 4.69) is 31.0 Å². The van der Waals surface area contributed by atoms with Crippen LogP contribution in [0.4, 0.5) is 0 Å². The normalized spacial score (nSPS) is 10.9. The molecule has 0 spiro atoms. The molecular formula is C13H15NO. The SMILES string of the molecule is CC(=O)Cc1c[nH]c2cc(C)cc(C)c12. The Hall–Kier alpha value is -1.57. The summed E-state index contributed by atoms with van der Waals surface area (Å²) in [5.41, 5.74) is 4.72. The van der Waals surface area contributed by atoms with Gasteiger partial charge in [-0.15, -0.1) is 0 Å². The third kappa shape index (κ3) is 1.80. The van der Waals surface area contributed by atoms with Crippen molar-refractivity contribution in [1.29, 1.82) is 0 Å². The molecule has 0 atom stereocenters. The summed E-state index contributed by atoms with van der Waals surface area (Å²) in [4.78, 5) is 14.3. The Morgan fingerprint density at radius 3 is 2.73 bits per heavy atom. The summed E-state index contributed by atoms with van der Waals surface area (Å²) in [6.45, 7) is 5.80. The van der Waals surface area contributed by atoms with E-state index in [1.165, 1.54) is 16.5 Å². The van der Waals surface area contributed by atoms with Gasteiger partial charge in [0.05, 0.1) is 0 Å². The highest BCUT2D eigenvalue weighted by molar-refractivity contribution is 5.91. The first-order valence-corrected chi connectivity index (χ1v) is 5.14. The lowest BCUT2D eigenvalue weighted by atomic mass is 10.0. The number of carbonyl (C=O) groups is 1. The summed E-state index contributed by atoms with van der Waals surface area (Å²) in [6, 6.07) is 4.27. The average molecular weight is 201 g/mol. The van der Waals surface area contributed by atoms with Crippen LogP contribution in [-0.2, 0) is 11.2 Å². The second-order valence-corrected chi connectivity index (χ2v) is 4.20. The van der Waals surface area contributed by atoms with E-state index in [-0.39, 0.29) is 5.78 Å². The summed E-state index contributed by atoms with van der Waals surface area (Å²) in [5, 5.41) is 1.20. The Morgan fingerprint density at radius 1 is 1.33 bits per heavy atom. The van der Waals surface area contributed by atoms with Gasteiger partial charge >= 0.3 is 0 Å². The second kappa shape index (κ2) is 3.54. The van der Waals surface area contributed by atoms with Gasteiger partial charge in [-0.25, -0.2) is 0 Å². The first kappa shape index (κ1) is 9.97. The first-order valence-electron chi connectivity index (χ1n) is 5.14. The molecular weight excluding hydrogens is 186 g/mol. The summed E-state index contributed by atoms with van der Waals surface area (Å²) in [6.07, 6.45) is 2.46. The number of benzene rings is 1. The molecule has 0 saturated carbocycles. The van der Waals surface area contributed by atoms with Crippen molar-refractivity contribution in [3.8, 4) is 0 Å². The number of hydrogen-bond acceptors (Lipinski definition) is 1. The zero-order valence-corrected chi connectivity index (χ0v) is 9.35. The lowest BCUT2D eigenvalue weighted by Gasteiger charge is -2.01. The van der Waals surface area contributed by atoms with Gasteiger partial charge in [0.15, 0.2) is 0 Å². The van der Waals surface area contributed by atoms with Gasteiger partial charge in [0.1, 0.15) is 5.78 Å². The van der Waals surface area contributed by atoms with Crippen molar-refractivity contribution in [2.45, 2.75) is 27.2 Å². The number of carbonyl (C=O) groups excluding carboxylic acids is 1. The van der Waals surface area contributed by atoms with Gasteiger partial charge in [0.25, 0.3) is 0 Å². The minimum absolute atomic E-state index is 0.205. The van der Waals surface area contributed by atoms with E-state index in [9.17, 15) is 4.79 Å². The summed E-state index contributed by atoms with van der Waals surface area (Å²) >= 11 is 0. The largest absolute Gasteiger partial charge is 0.361 e. The number of fused-ring (bicyclic) bond motifs is 1. The number of aryl methyl sites for hydroxylation is 2. The van der Waals surface area contributed by atoms with Gasteiger partial charge in [0, 0.05) is 23.5 Å².